The lowest BCUT2D eigenvalue weighted by Gasteiger charge is -2.34. The average Bonchev–Trinajstić information content (AvgIpc) is 3.21. The summed E-state index contributed by atoms with van der Waals surface area (Å²) in [6, 6.07) is 4.76. The first-order chi connectivity index (χ1) is 9.13. The number of phenols is 2. The minimum absolute atomic E-state index is 0.0834. The summed E-state index contributed by atoms with van der Waals surface area (Å²) in [4.78, 5) is 16.5. The maximum absolute atomic E-state index is 12.3. The predicted molar refractivity (Wildman–Crippen MR) is 70.3 cm³/mol. The molecule has 102 valence electrons. The molecule has 19 heavy (non-hydrogen) atoms. The highest BCUT2D eigenvalue weighted by Crippen LogP contribution is 2.28. The Bertz CT molecular complexity index is 471. The number of phenolic OH excluding ortho intramolecular Hbond substituents is 2. The topological polar surface area (TPSA) is 64.0 Å². The molecular formula is C14H18N2O3. The van der Waals surface area contributed by atoms with Crippen LogP contribution < -0.4 is 0 Å². The minimum Gasteiger partial charge on any atom is -0.508 e. The highest BCUT2D eigenvalue weighted by atomic mass is 16.3. The van der Waals surface area contributed by atoms with E-state index in [1.165, 1.54) is 31.0 Å². The number of aromatic hydroxyl groups is 2. The largest absolute Gasteiger partial charge is 0.508 e. The summed E-state index contributed by atoms with van der Waals surface area (Å²) in [7, 11) is 0. The minimum atomic E-state index is -0.123. The molecule has 5 nitrogen and oxygen atoms in total. The zero-order valence-electron chi connectivity index (χ0n) is 10.7. The average molecular weight is 262 g/mol. The van der Waals surface area contributed by atoms with Gasteiger partial charge in [-0.2, -0.15) is 0 Å². The number of nitrogens with zero attached hydrogens (tertiary/aromatic N) is 2. The van der Waals surface area contributed by atoms with Crippen LogP contribution in [0.25, 0.3) is 0 Å². The molecule has 0 spiro atoms. The molecule has 2 fully saturated rings. The van der Waals surface area contributed by atoms with Gasteiger partial charge in [-0.25, -0.2) is 0 Å². The summed E-state index contributed by atoms with van der Waals surface area (Å²) in [6.45, 7) is 3.26. The highest BCUT2D eigenvalue weighted by Gasteiger charge is 2.32. The van der Waals surface area contributed by atoms with Gasteiger partial charge < -0.3 is 15.1 Å². The van der Waals surface area contributed by atoms with Crippen LogP contribution in [0, 0.1) is 0 Å². The van der Waals surface area contributed by atoms with Gasteiger partial charge in [0.2, 0.25) is 0 Å². The van der Waals surface area contributed by atoms with Crippen LogP contribution in [0.3, 0.4) is 0 Å². The van der Waals surface area contributed by atoms with Crippen LogP contribution in [0.4, 0.5) is 0 Å². The van der Waals surface area contributed by atoms with Crippen LogP contribution in [0.5, 0.6) is 11.5 Å². The molecule has 5 heteroatoms. The van der Waals surface area contributed by atoms with E-state index >= 15 is 0 Å². The van der Waals surface area contributed by atoms with Gasteiger partial charge in [-0.15, -0.1) is 0 Å². The number of rotatable bonds is 2. The molecule has 2 aliphatic rings. The van der Waals surface area contributed by atoms with Crippen molar-refractivity contribution < 1.29 is 15.0 Å². The first-order valence-electron chi connectivity index (χ1n) is 6.70. The zero-order valence-corrected chi connectivity index (χ0v) is 10.7. The predicted octanol–water partition coefficient (Wildman–Crippen LogP) is 1.02. The molecule has 1 aromatic rings. The lowest BCUT2D eigenvalue weighted by molar-refractivity contribution is 0.0626. The number of amides is 1. The van der Waals surface area contributed by atoms with Crippen molar-refractivity contribution in [2.45, 2.75) is 18.9 Å². The van der Waals surface area contributed by atoms with Gasteiger partial charge in [0.05, 0.1) is 0 Å². The molecule has 1 amide bonds. The zero-order chi connectivity index (χ0) is 13.4. The summed E-state index contributed by atoms with van der Waals surface area (Å²) >= 11 is 0. The van der Waals surface area contributed by atoms with E-state index in [9.17, 15) is 15.0 Å². The van der Waals surface area contributed by atoms with Gasteiger partial charge >= 0.3 is 0 Å². The lowest BCUT2D eigenvalue weighted by atomic mass is 10.1. The summed E-state index contributed by atoms with van der Waals surface area (Å²) in [5, 5.41) is 18.9. The van der Waals surface area contributed by atoms with Gasteiger partial charge in [0.25, 0.3) is 5.91 Å². The molecule has 1 aliphatic carbocycles. The number of carbonyl (C=O) groups excluding carboxylic acids is 1. The van der Waals surface area contributed by atoms with Gasteiger partial charge in [0.15, 0.2) is 0 Å². The Morgan fingerprint density at radius 2 is 1.58 bits per heavy atom. The van der Waals surface area contributed by atoms with Gasteiger partial charge in [-0.3, -0.25) is 9.69 Å². The van der Waals surface area contributed by atoms with Gasteiger partial charge in [0.1, 0.15) is 11.5 Å². The third-order valence-electron chi connectivity index (χ3n) is 3.81. The van der Waals surface area contributed by atoms with Gasteiger partial charge in [-0.05, 0) is 25.0 Å². The van der Waals surface area contributed by atoms with E-state index in [1.807, 2.05) is 0 Å². The summed E-state index contributed by atoms with van der Waals surface area (Å²) < 4.78 is 0. The van der Waals surface area contributed by atoms with Crippen molar-refractivity contribution in [2.24, 2.45) is 0 Å². The SMILES string of the molecule is O=C(c1cc(O)cc(O)c1)N1CCN(C2CC2)CC1. The number of hydrogen-bond acceptors (Lipinski definition) is 4. The smallest absolute Gasteiger partial charge is 0.254 e. The van der Waals surface area contributed by atoms with Crippen molar-refractivity contribution in [2.75, 3.05) is 26.2 Å². The molecule has 2 N–H and O–H groups in total. The molecule has 0 radical (unpaired) electrons. The Kier molecular flexibility index (Phi) is 3.06. The van der Waals surface area contributed by atoms with E-state index in [4.69, 9.17) is 0 Å². The molecule has 1 heterocycles. The van der Waals surface area contributed by atoms with Crippen LogP contribution in [0.2, 0.25) is 0 Å². The van der Waals surface area contributed by atoms with Gasteiger partial charge in [-0.1, -0.05) is 0 Å². The summed E-state index contributed by atoms with van der Waals surface area (Å²) in [5.41, 5.74) is 0.345. The maximum atomic E-state index is 12.3. The second-order valence-corrected chi connectivity index (χ2v) is 5.30. The van der Waals surface area contributed by atoms with Crippen LogP contribution in [-0.4, -0.2) is 58.1 Å². The van der Waals surface area contributed by atoms with E-state index in [-0.39, 0.29) is 17.4 Å². The third kappa shape index (κ3) is 2.66. The van der Waals surface area contributed by atoms with Crippen LogP contribution in [0.15, 0.2) is 18.2 Å². The van der Waals surface area contributed by atoms with Crippen molar-refractivity contribution >= 4 is 5.91 Å². The molecule has 3 rings (SSSR count). The van der Waals surface area contributed by atoms with Crippen LogP contribution in [0.1, 0.15) is 23.2 Å². The molecule has 1 aromatic carbocycles. The Labute approximate surface area is 112 Å². The Hall–Kier alpha value is -1.75. The fourth-order valence-electron chi connectivity index (χ4n) is 2.63. The number of piperazine rings is 1. The van der Waals surface area contributed by atoms with Crippen molar-refractivity contribution in [3.63, 3.8) is 0 Å². The van der Waals surface area contributed by atoms with Crippen molar-refractivity contribution in [3.8, 4) is 11.5 Å². The van der Waals surface area contributed by atoms with E-state index in [2.05, 4.69) is 4.90 Å². The molecule has 0 unspecified atom stereocenters. The van der Waals surface area contributed by atoms with Crippen LogP contribution in [-0.2, 0) is 0 Å². The molecule has 1 saturated carbocycles. The molecule has 0 aromatic heterocycles. The molecule has 1 saturated heterocycles. The normalized spacial score (nSPS) is 20.5. The maximum Gasteiger partial charge on any atom is 0.254 e. The molecule has 0 atom stereocenters. The molecular weight excluding hydrogens is 244 g/mol. The van der Waals surface area contributed by atoms with Crippen molar-refractivity contribution in [3.05, 3.63) is 23.8 Å². The number of hydrogen-bond donors (Lipinski definition) is 2. The second kappa shape index (κ2) is 4.74. The standard InChI is InChI=1S/C14H18N2O3/c17-12-7-10(8-13(18)9-12)14(19)16-5-3-15(4-6-16)11-1-2-11/h7-9,11,17-18H,1-6H2. The Morgan fingerprint density at radius 3 is 2.11 bits per heavy atom. The Morgan fingerprint density at radius 1 is 1.00 bits per heavy atom. The Balaban J connectivity index is 1.67. The second-order valence-electron chi connectivity index (χ2n) is 5.30. The first-order valence-corrected chi connectivity index (χ1v) is 6.70. The molecule has 0 bridgehead atoms. The van der Waals surface area contributed by atoms with Gasteiger partial charge in [0, 0.05) is 43.9 Å². The van der Waals surface area contributed by atoms with E-state index in [0.717, 1.165) is 19.1 Å². The lowest BCUT2D eigenvalue weighted by Crippen LogP contribution is -2.49. The van der Waals surface area contributed by atoms with E-state index in [0.29, 0.717) is 18.7 Å². The van der Waals surface area contributed by atoms with Crippen molar-refractivity contribution in [1.82, 2.24) is 9.80 Å². The van der Waals surface area contributed by atoms with Crippen LogP contribution >= 0.6 is 0 Å². The summed E-state index contributed by atoms with van der Waals surface area (Å²) in [6.07, 6.45) is 2.57. The fourth-order valence-corrected chi connectivity index (χ4v) is 2.63. The monoisotopic (exact) mass is 262 g/mol. The van der Waals surface area contributed by atoms with E-state index in [1.54, 1.807) is 4.90 Å². The summed E-state index contributed by atoms with van der Waals surface area (Å²) in [5.74, 6) is -0.290. The first kappa shape index (κ1) is 12.3. The van der Waals surface area contributed by atoms with Crippen molar-refractivity contribution in [1.29, 1.82) is 0 Å². The number of benzene rings is 1. The quantitative estimate of drug-likeness (QED) is 0.835. The fraction of sp³-hybridized carbons (Fsp3) is 0.500. The molecule has 1 aliphatic heterocycles. The van der Waals surface area contributed by atoms with E-state index < -0.39 is 0 Å². The third-order valence-corrected chi connectivity index (χ3v) is 3.81. The number of carbonyl (C=O) groups is 1. The highest BCUT2D eigenvalue weighted by molar-refractivity contribution is 5.95.